The van der Waals surface area contributed by atoms with Crippen molar-refractivity contribution in [2.75, 3.05) is 18.5 Å². The molecule has 1 rings (SSSR count). The summed E-state index contributed by atoms with van der Waals surface area (Å²) in [4.78, 5) is 8.19. The fourth-order valence-corrected chi connectivity index (χ4v) is 0.896. The zero-order chi connectivity index (χ0) is 10.2. The Morgan fingerprint density at radius 3 is 3.14 bits per heavy atom. The lowest BCUT2D eigenvalue weighted by atomic mass is 10.5. The Labute approximate surface area is 84.0 Å². The molecule has 0 aliphatic heterocycles. The van der Waals surface area contributed by atoms with Crippen LogP contribution in [0.15, 0.2) is 24.4 Å². The van der Waals surface area contributed by atoms with Crippen LogP contribution in [-0.4, -0.2) is 23.1 Å². The van der Waals surface area contributed by atoms with Gasteiger partial charge in [-0.15, -0.1) is 0 Å². The lowest BCUT2D eigenvalue weighted by Gasteiger charge is -2.04. The van der Waals surface area contributed by atoms with Crippen molar-refractivity contribution in [3.05, 3.63) is 24.4 Å². The van der Waals surface area contributed by atoms with Gasteiger partial charge >= 0.3 is 0 Å². The molecule has 0 aliphatic rings. The summed E-state index contributed by atoms with van der Waals surface area (Å²) in [7, 11) is 0. The third-order valence-electron chi connectivity index (χ3n) is 1.53. The molecule has 0 radical (unpaired) electrons. The molecule has 0 atom stereocenters. The average Bonchev–Trinajstić information content (AvgIpc) is 2.19. The second-order valence-corrected chi connectivity index (χ2v) is 2.63. The van der Waals surface area contributed by atoms with E-state index in [1.54, 1.807) is 12.3 Å². The molecule has 0 fully saturated rings. The summed E-state index contributed by atoms with van der Waals surface area (Å²) in [5, 5.41) is 3.02. The van der Waals surface area contributed by atoms with Crippen LogP contribution in [0.1, 0.15) is 13.8 Å². The van der Waals surface area contributed by atoms with Crippen molar-refractivity contribution < 1.29 is 4.74 Å². The van der Waals surface area contributed by atoms with E-state index in [1.807, 2.05) is 26.0 Å². The number of nitrogens with zero attached hydrogens (tertiary/aromatic N) is 2. The van der Waals surface area contributed by atoms with Crippen LogP contribution in [0.2, 0.25) is 0 Å². The van der Waals surface area contributed by atoms with Gasteiger partial charge < -0.3 is 10.1 Å². The lowest BCUT2D eigenvalue weighted by molar-refractivity contribution is 0.348. The summed E-state index contributed by atoms with van der Waals surface area (Å²) in [6, 6.07) is 1.74. The summed E-state index contributed by atoms with van der Waals surface area (Å²) in [6.07, 6.45) is 5.54. The molecule has 0 unspecified atom stereocenters. The first-order chi connectivity index (χ1) is 6.86. The van der Waals surface area contributed by atoms with Crippen LogP contribution in [0, 0.1) is 0 Å². The molecule has 0 spiro atoms. The molecule has 76 valence electrons. The first kappa shape index (κ1) is 10.5. The second kappa shape index (κ2) is 5.96. The van der Waals surface area contributed by atoms with E-state index in [4.69, 9.17) is 4.74 Å². The number of hydrogen-bond donors (Lipinski definition) is 1. The highest BCUT2D eigenvalue weighted by Gasteiger charge is 1.96. The fourth-order valence-electron chi connectivity index (χ4n) is 0.896. The maximum Gasteiger partial charge on any atom is 0.225 e. The third kappa shape index (κ3) is 3.43. The molecule has 0 bridgehead atoms. The normalized spacial score (nSPS) is 10.4. The maximum atomic E-state index is 5.36. The number of allylic oxidation sites excluding steroid dienone is 1. The van der Waals surface area contributed by atoms with Crippen molar-refractivity contribution in [3.63, 3.8) is 0 Å². The number of nitrogens with one attached hydrogen (secondary N) is 1. The van der Waals surface area contributed by atoms with Gasteiger partial charge in [0.1, 0.15) is 6.61 Å². The quantitative estimate of drug-likeness (QED) is 0.725. The molecule has 0 aliphatic carbocycles. The van der Waals surface area contributed by atoms with Gasteiger partial charge in [-0.05, 0) is 13.8 Å². The smallest absolute Gasteiger partial charge is 0.225 e. The Morgan fingerprint density at radius 2 is 2.43 bits per heavy atom. The fraction of sp³-hybridized carbons (Fsp3) is 0.400. The highest BCUT2D eigenvalue weighted by molar-refractivity contribution is 5.26. The van der Waals surface area contributed by atoms with Gasteiger partial charge in [0.25, 0.3) is 0 Å². The van der Waals surface area contributed by atoms with E-state index in [1.165, 1.54) is 0 Å². The van der Waals surface area contributed by atoms with Crippen molar-refractivity contribution >= 4 is 5.95 Å². The van der Waals surface area contributed by atoms with Gasteiger partial charge in [0.05, 0.1) is 0 Å². The Bertz CT molecular complexity index is 299. The summed E-state index contributed by atoms with van der Waals surface area (Å²) in [5.74, 6) is 1.19. The van der Waals surface area contributed by atoms with E-state index < -0.39 is 0 Å². The minimum atomic E-state index is 0.541. The van der Waals surface area contributed by atoms with Crippen LogP contribution in [0.4, 0.5) is 5.95 Å². The van der Waals surface area contributed by atoms with Gasteiger partial charge in [-0.2, -0.15) is 4.98 Å². The standard InChI is InChI=1S/C10H15N3O/c1-3-5-8-14-9-6-7-12-10(13-9)11-4-2/h3,5-7H,4,8H2,1-2H3,(H,11,12,13)/b5-3+. The zero-order valence-corrected chi connectivity index (χ0v) is 8.53. The van der Waals surface area contributed by atoms with Crippen molar-refractivity contribution in [1.82, 2.24) is 9.97 Å². The molecular formula is C10H15N3O. The monoisotopic (exact) mass is 193 g/mol. The third-order valence-corrected chi connectivity index (χ3v) is 1.53. The van der Waals surface area contributed by atoms with E-state index in [9.17, 15) is 0 Å². The molecular weight excluding hydrogens is 178 g/mol. The number of hydrogen-bond acceptors (Lipinski definition) is 4. The zero-order valence-electron chi connectivity index (χ0n) is 8.53. The molecule has 1 heterocycles. The van der Waals surface area contributed by atoms with Crippen LogP contribution in [-0.2, 0) is 0 Å². The van der Waals surface area contributed by atoms with E-state index in [0.29, 0.717) is 18.4 Å². The van der Waals surface area contributed by atoms with Gasteiger partial charge in [0.15, 0.2) is 0 Å². The summed E-state index contributed by atoms with van der Waals surface area (Å²) < 4.78 is 5.36. The predicted molar refractivity (Wildman–Crippen MR) is 56.5 cm³/mol. The molecule has 0 saturated heterocycles. The summed E-state index contributed by atoms with van der Waals surface area (Å²) in [6.45, 7) is 5.29. The summed E-state index contributed by atoms with van der Waals surface area (Å²) in [5.41, 5.74) is 0. The average molecular weight is 193 g/mol. The van der Waals surface area contributed by atoms with Crippen molar-refractivity contribution in [2.45, 2.75) is 13.8 Å². The molecule has 14 heavy (non-hydrogen) atoms. The number of ether oxygens (including phenoxy) is 1. The first-order valence-corrected chi connectivity index (χ1v) is 4.67. The van der Waals surface area contributed by atoms with Gasteiger partial charge in [-0.25, -0.2) is 4.98 Å². The minimum Gasteiger partial charge on any atom is -0.473 e. The number of anilines is 1. The molecule has 1 aromatic rings. The van der Waals surface area contributed by atoms with Crippen molar-refractivity contribution in [2.24, 2.45) is 0 Å². The molecule has 0 aromatic carbocycles. The van der Waals surface area contributed by atoms with Crippen LogP contribution >= 0.6 is 0 Å². The minimum absolute atomic E-state index is 0.541. The summed E-state index contributed by atoms with van der Waals surface area (Å²) >= 11 is 0. The van der Waals surface area contributed by atoms with Gasteiger partial charge in [0, 0.05) is 18.8 Å². The molecule has 0 saturated carbocycles. The van der Waals surface area contributed by atoms with Gasteiger partial charge in [0.2, 0.25) is 11.8 Å². The van der Waals surface area contributed by atoms with Crippen LogP contribution in [0.5, 0.6) is 5.88 Å². The Balaban J connectivity index is 2.54. The molecule has 0 amide bonds. The van der Waals surface area contributed by atoms with Crippen LogP contribution in [0.3, 0.4) is 0 Å². The predicted octanol–water partition coefficient (Wildman–Crippen LogP) is 1.86. The Hall–Kier alpha value is -1.58. The van der Waals surface area contributed by atoms with Crippen LogP contribution < -0.4 is 10.1 Å². The first-order valence-electron chi connectivity index (χ1n) is 4.67. The topological polar surface area (TPSA) is 47.0 Å². The van der Waals surface area contributed by atoms with E-state index in [-0.39, 0.29) is 0 Å². The van der Waals surface area contributed by atoms with Gasteiger partial charge in [-0.3, -0.25) is 0 Å². The highest BCUT2D eigenvalue weighted by atomic mass is 16.5. The van der Waals surface area contributed by atoms with E-state index in [0.717, 1.165) is 6.54 Å². The van der Waals surface area contributed by atoms with Crippen molar-refractivity contribution in [3.8, 4) is 5.88 Å². The van der Waals surface area contributed by atoms with Gasteiger partial charge in [-0.1, -0.05) is 12.2 Å². The Kier molecular flexibility index (Phi) is 4.47. The highest BCUT2D eigenvalue weighted by Crippen LogP contribution is 2.07. The number of rotatable bonds is 5. The second-order valence-electron chi connectivity index (χ2n) is 2.63. The Morgan fingerprint density at radius 1 is 1.57 bits per heavy atom. The van der Waals surface area contributed by atoms with E-state index >= 15 is 0 Å². The lowest BCUT2D eigenvalue weighted by Crippen LogP contribution is -2.03. The maximum absolute atomic E-state index is 5.36. The molecule has 4 nitrogen and oxygen atoms in total. The largest absolute Gasteiger partial charge is 0.473 e. The van der Waals surface area contributed by atoms with Crippen molar-refractivity contribution in [1.29, 1.82) is 0 Å². The SMILES string of the molecule is C/C=C/COc1ccnc(NCC)n1. The molecule has 4 heteroatoms. The van der Waals surface area contributed by atoms with E-state index in [2.05, 4.69) is 15.3 Å². The number of aromatic nitrogens is 2. The van der Waals surface area contributed by atoms with Crippen LogP contribution in [0.25, 0.3) is 0 Å². The molecule has 1 aromatic heterocycles. The molecule has 1 N–H and O–H groups in total.